The molecule has 0 saturated heterocycles. The summed E-state index contributed by atoms with van der Waals surface area (Å²) < 4.78 is 5.20. The van der Waals surface area contributed by atoms with Crippen molar-refractivity contribution in [3.05, 3.63) is 41.2 Å². The van der Waals surface area contributed by atoms with E-state index in [2.05, 4.69) is 17.0 Å². The van der Waals surface area contributed by atoms with Gasteiger partial charge in [-0.05, 0) is 50.2 Å². The number of ether oxygens (including phenoxy) is 1. The van der Waals surface area contributed by atoms with Gasteiger partial charge >= 0.3 is 0 Å². The number of nitrogens with zero attached hydrogens (tertiary/aromatic N) is 1. The third-order valence-electron chi connectivity index (χ3n) is 3.70. The molecule has 1 atom stereocenters. The summed E-state index contributed by atoms with van der Waals surface area (Å²) in [6.45, 7) is 0.822. The van der Waals surface area contributed by atoms with E-state index in [1.165, 1.54) is 11.1 Å². The van der Waals surface area contributed by atoms with Gasteiger partial charge in [0.25, 0.3) is 0 Å². The van der Waals surface area contributed by atoms with Crippen LogP contribution in [0.1, 0.15) is 30.7 Å². The molecule has 1 aromatic rings. The average Bonchev–Trinajstić information content (AvgIpc) is 2.41. The predicted molar refractivity (Wildman–Crippen MR) is 77.8 cm³/mol. The second-order valence-electron chi connectivity index (χ2n) is 5.43. The van der Waals surface area contributed by atoms with Gasteiger partial charge in [-0.1, -0.05) is 12.1 Å². The molecule has 3 nitrogen and oxygen atoms in total. The zero-order valence-electron chi connectivity index (χ0n) is 12.0. The Morgan fingerprint density at radius 2 is 1.95 bits per heavy atom. The maximum absolute atomic E-state index is 10.2. The van der Waals surface area contributed by atoms with E-state index in [9.17, 15) is 5.11 Å². The lowest BCUT2D eigenvalue weighted by atomic mass is 9.81. The van der Waals surface area contributed by atoms with Gasteiger partial charge in [-0.15, -0.1) is 0 Å². The van der Waals surface area contributed by atoms with Crippen LogP contribution in [0, 0.1) is 0 Å². The van der Waals surface area contributed by atoms with Crippen molar-refractivity contribution >= 4 is 0 Å². The SMILES string of the molecule is COc1ccc(C2CCCC(O)=C2CN(C)C)cc1. The second kappa shape index (κ2) is 6.11. The number of allylic oxidation sites excluding steroid dienone is 1. The molecule has 0 aromatic heterocycles. The molecule has 3 heteroatoms. The molecule has 1 N–H and O–H groups in total. The highest BCUT2D eigenvalue weighted by Gasteiger charge is 2.24. The van der Waals surface area contributed by atoms with Crippen LogP contribution < -0.4 is 4.74 Å². The van der Waals surface area contributed by atoms with E-state index >= 15 is 0 Å². The lowest BCUT2D eigenvalue weighted by Gasteiger charge is -2.28. The molecule has 0 fully saturated rings. The summed E-state index contributed by atoms with van der Waals surface area (Å²) in [5.74, 6) is 1.80. The molecule has 0 bridgehead atoms. The van der Waals surface area contributed by atoms with Crippen molar-refractivity contribution in [1.82, 2.24) is 4.90 Å². The van der Waals surface area contributed by atoms with Gasteiger partial charge in [-0.25, -0.2) is 0 Å². The number of rotatable bonds is 4. The fourth-order valence-electron chi connectivity index (χ4n) is 2.76. The van der Waals surface area contributed by atoms with Crippen LogP contribution >= 0.6 is 0 Å². The van der Waals surface area contributed by atoms with Crippen LogP contribution in [-0.4, -0.2) is 37.8 Å². The van der Waals surface area contributed by atoms with Crippen molar-refractivity contribution < 1.29 is 9.84 Å². The molecule has 104 valence electrons. The molecule has 0 heterocycles. The minimum atomic E-state index is 0.335. The van der Waals surface area contributed by atoms with Crippen molar-refractivity contribution in [2.24, 2.45) is 0 Å². The summed E-state index contributed by atoms with van der Waals surface area (Å²) in [5, 5.41) is 10.2. The zero-order chi connectivity index (χ0) is 13.8. The Morgan fingerprint density at radius 3 is 2.53 bits per heavy atom. The van der Waals surface area contributed by atoms with Gasteiger partial charge in [-0.3, -0.25) is 0 Å². The molecule has 0 aliphatic heterocycles. The molecule has 1 aliphatic rings. The number of hydrogen-bond donors (Lipinski definition) is 1. The van der Waals surface area contributed by atoms with E-state index in [1.54, 1.807) is 7.11 Å². The molecule has 0 spiro atoms. The molecule has 0 radical (unpaired) electrons. The van der Waals surface area contributed by atoms with Crippen LogP contribution in [0.4, 0.5) is 0 Å². The molecule has 0 saturated carbocycles. The average molecular weight is 261 g/mol. The summed E-state index contributed by atoms with van der Waals surface area (Å²) in [4.78, 5) is 2.12. The third kappa shape index (κ3) is 3.29. The number of aliphatic hydroxyl groups is 1. The second-order valence-corrected chi connectivity index (χ2v) is 5.43. The summed E-state index contributed by atoms with van der Waals surface area (Å²) in [5.41, 5.74) is 2.44. The van der Waals surface area contributed by atoms with Crippen LogP contribution in [0.15, 0.2) is 35.6 Å². The smallest absolute Gasteiger partial charge is 0.118 e. The lowest BCUT2D eigenvalue weighted by molar-refractivity contribution is 0.328. The molecular weight excluding hydrogens is 238 g/mol. The van der Waals surface area contributed by atoms with Crippen molar-refractivity contribution in [3.63, 3.8) is 0 Å². The van der Waals surface area contributed by atoms with Crippen molar-refractivity contribution in [1.29, 1.82) is 0 Å². The summed E-state index contributed by atoms with van der Waals surface area (Å²) in [6.07, 6.45) is 2.98. The quantitative estimate of drug-likeness (QED) is 0.902. The van der Waals surface area contributed by atoms with E-state index in [0.29, 0.717) is 11.7 Å². The van der Waals surface area contributed by atoms with Crippen molar-refractivity contribution in [2.45, 2.75) is 25.2 Å². The van der Waals surface area contributed by atoms with E-state index in [4.69, 9.17) is 4.74 Å². The fourth-order valence-corrected chi connectivity index (χ4v) is 2.76. The highest BCUT2D eigenvalue weighted by Crippen LogP contribution is 2.37. The monoisotopic (exact) mass is 261 g/mol. The Morgan fingerprint density at radius 1 is 1.26 bits per heavy atom. The highest BCUT2D eigenvalue weighted by molar-refractivity contribution is 5.36. The largest absolute Gasteiger partial charge is 0.512 e. The number of hydrogen-bond acceptors (Lipinski definition) is 3. The van der Waals surface area contributed by atoms with Gasteiger partial charge in [-0.2, -0.15) is 0 Å². The maximum Gasteiger partial charge on any atom is 0.118 e. The first-order valence-corrected chi connectivity index (χ1v) is 6.81. The third-order valence-corrected chi connectivity index (χ3v) is 3.70. The van der Waals surface area contributed by atoms with Crippen LogP contribution in [0.25, 0.3) is 0 Å². The van der Waals surface area contributed by atoms with Crippen LogP contribution in [0.3, 0.4) is 0 Å². The van der Waals surface area contributed by atoms with Crippen LogP contribution in [0.2, 0.25) is 0 Å². The molecule has 0 amide bonds. The normalized spacial score (nSPS) is 19.9. The Hall–Kier alpha value is -1.48. The topological polar surface area (TPSA) is 32.7 Å². The molecule has 2 rings (SSSR count). The molecule has 1 unspecified atom stereocenters. The summed E-state index contributed by atoms with van der Waals surface area (Å²) >= 11 is 0. The molecular formula is C16H23NO2. The first kappa shape index (κ1) is 13.9. The first-order chi connectivity index (χ1) is 9.11. The minimum Gasteiger partial charge on any atom is -0.512 e. The summed E-state index contributed by atoms with van der Waals surface area (Å²) in [7, 11) is 5.76. The van der Waals surface area contributed by atoms with E-state index in [1.807, 2.05) is 26.2 Å². The Kier molecular flexibility index (Phi) is 4.48. The molecule has 1 aliphatic carbocycles. The van der Waals surface area contributed by atoms with Crippen LogP contribution in [0.5, 0.6) is 5.75 Å². The van der Waals surface area contributed by atoms with E-state index < -0.39 is 0 Å². The van der Waals surface area contributed by atoms with Crippen molar-refractivity contribution in [2.75, 3.05) is 27.7 Å². The Balaban J connectivity index is 2.27. The first-order valence-electron chi connectivity index (χ1n) is 6.81. The number of likely N-dealkylation sites (N-methyl/N-ethyl adjacent to an activating group) is 1. The zero-order valence-corrected chi connectivity index (χ0v) is 12.0. The van der Waals surface area contributed by atoms with Crippen LogP contribution in [-0.2, 0) is 0 Å². The van der Waals surface area contributed by atoms with Gasteiger partial charge in [0, 0.05) is 18.9 Å². The van der Waals surface area contributed by atoms with E-state index in [0.717, 1.165) is 31.6 Å². The number of methoxy groups -OCH3 is 1. The standard InChI is InChI=1S/C16H23NO2/c1-17(2)11-15-14(5-4-6-16(15)18)12-7-9-13(19-3)10-8-12/h7-10,14,18H,4-6,11H2,1-3H3. The van der Waals surface area contributed by atoms with Gasteiger partial charge in [0.1, 0.15) is 5.75 Å². The maximum atomic E-state index is 10.2. The fraction of sp³-hybridized carbons (Fsp3) is 0.500. The molecule has 1 aromatic carbocycles. The lowest BCUT2D eigenvalue weighted by Crippen LogP contribution is -2.23. The predicted octanol–water partition coefficient (Wildman–Crippen LogP) is 3.34. The number of aliphatic hydroxyl groups excluding tert-OH is 1. The summed E-state index contributed by atoms with van der Waals surface area (Å²) in [6, 6.07) is 8.21. The highest BCUT2D eigenvalue weighted by atomic mass is 16.5. The molecule has 19 heavy (non-hydrogen) atoms. The minimum absolute atomic E-state index is 0.335. The Bertz CT molecular complexity index is 448. The van der Waals surface area contributed by atoms with Gasteiger partial charge < -0.3 is 14.7 Å². The number of benzene rings is 1. The van der Waals surface area contributed by atoms with Gasteiger partial charge in [0.2, 0.25) is 0 Å². The van der Waals surface area contributed by atoms with Gasteiger partial charge in [0.15, 0.2) is 0 Å². The Labute approximate surface area is 115 Å². The van der Waals surface area contributed by atoms with E-state index in [-0.39, 0.29) is 0 Å². The van der Waals surface area contributed by atoms with Crippen molar-refractivity contribution in [3.8, 4) is 5.75 Å². The van der Waals surface area contributed by atoms with Gasteiger partial charge in [0.05, 0.1) is 12.9 Å².